The first-order valence-electron chi connectivity index (χ1n) is 11.8. The van der Waals surface area contributed by atoms with E-state index in [0.29, 0.717) is 39.5 Å². The Hall–Kier alpha value is -3.74. The largest absolute Gasteiger partial charge is 0.338 e. The van der Waals surface area contributed by atoms with Gasteiger partial charge in [-0.2, -0.15) is 5.26 Å². The smallest absolute Gasteiger partial charge is 0.225 e. The molecule has 1 amide bonds. The van der Waals surface area contributed by atoms with Crippen LogP contribution in [0.5, 0.6) is 0 Å². The van der Waals surface area contributed by atoms with Crippen molar-refractivity contribution >= 4 is 56.1 Å². The number of benzene rings is 2. The summed E-state index contributed by atoms with van der Waals surface area (Å²) in [6.07, 6.45) is 3.08. The van der Waals surface area contributed by atoms with Gasteiger partial charge in [-0.1, -0.05) is 60.3 Å². The van der Waals surface area contributed by atoms with Crippen molar-refractivity contribution in [3.8, 4) is 6.07 Å². The fourth-order valence-electron chi connectivity index (χ4n) is 4.79. The third-order valence-electron chi connectivity index (χ3n) is 6.56. The third kappa shape index (κ3) is 4.34. The van der Waals surface area contributed by atoms with Crippen LogP contribution in [0.4, 0.5) is 5.00 Å². The first kappa shape index (κ1) is 22.7. The van der Waals surface area contributed by atoms with E-state index in [-0.39, 0.29) is 5.91 Å². The van der Waals surface area contributed by atoms with Gasteiger partial charge < -0.3 is 10.3 Å². The third-order valence-corrected chi connectivity index (χ3v) is 8.57. The van der Waals surface area contributed by atoms with Crippen LogP contribution in [0.3, 0.4) is 0 Å². The number of aromatic nitrogens is 4. The second-order valence-electron chi connectivity index (χ2n) is 8.78. The van der Waals surface area contributed by atoms with Gasteiger partial charge in [-0.05, 0) is 42.4 Å². The van der Waals surface area contributed by atoms with Gasteiger partial charge in [-0.3, -0.25) is 4.79 Å². The number of hydrogen-bond acceptors (Lipinski definition) is 7. The Morgan fingerprint density at radius 3 is 2.86 bits per heavy atom. The summed E-state index contributed by atoms with van der Waals surface area (Å²) in [5.41, 5.74) is 5.46. The number of thiophene rings is 1. The number of thioether (sulfide) groups is 1. The number of anilines is 1. The maximum atomic E-state index is 12.7. The highest BCUT2D eigenvalue weighted by Crippen LogP contribution is 2.42. The van der Waals surface area contributed by atoms with Crippen LogP contribution in [0.1, 0.15) is 40.3 Å². The number of H-pyrrole nitrogens is 1. The van der Waals surface area contributed by atoms with Crippen molar-refractivity contribution in [2.24, 2.45) is 0 Å². The number of aromatic amines is 1. The van der Waals surface area contributed by atoms with Gasteiger partial charge in [-0.15, -0.1) is 21.5 Å². The Labute approximate surface area is 216 Å². The Morgan fingerprint density at radius 1 is 1.17 bits per heavy atom. The maximum absolute atomic E-state index is 12.7. The number of amides is 1. The van der Waals surface area contributed by atoms with Crippen molar-refractivity contribution < 1.29 is 4.79 Å². The minimum atomic E-state index is -0.114. The van der Waals surface area contributed by atoms with E-state index in [0.717, 1.165) is 41.2 Å². The number of nitriles is 1. The van der Waals surface area contributed by atoms with Gasteiger partial charge in [0.05, 0.1) is 5.56 Å². The molecule has 0 saturated carbocycles. The normalized spacial score (nSPS) is 15.0. The quantitative estimate of drug-likeness (QED) is 0.278. The maximum Gasteiger partial charge on any atom is 0.225 e. The molecule has 0 radical (unpaired) electrons. The second-order valence-corrected chi connectivity index (χ2v) is 10.9. The van der Waals surface area contributed by atoms with Crippen molar-refractivity contribution in [3.05, 3.63) is 76.2 Å². The van der Waals surface area contributed by atoms with Gasteiger partial charge in [0.1, 0.15) is 16.6 Å². The summed E-state index contributed by atoms with van der Waals surface area (Å²) in [5, 5.41) is 23.5. The highest BCUT2D eigenvalue weighted by molar-refractivity contribution is 7.99. The zero-order valence-corrected chi connectivity index (χ0v) is 21.0. The molecule has 9 heteroatoms. The predicted molar refractivity (Wildman–Crippen MR) is 143 cm³/mol. The van der Waals surface area contributed by atoms with Crippen LogP contribution in [-0.4, -0.2) is 31.8 Å². The molecule has 1 aliphatic carbocycles. The lowest BCUT2D eigenvalue weighted by Crippen LogP contribution is -2.13. The number of hydrogen-bond donors (Lipinski definition) is 2. The molecular weight excluding hydrogens is 488 g/mol. The molecule has 2 N–H and O–H groups in total. The highest BCUT2D eigenvalue weighted by Gasteiger charge is 2.27. The van der Waals surface area contributed by atoms with Gasteiger partial charge >= 0.3 is 0 Å². The topological polar surface area (TPSA) is 107 Å². The SMILES string of the molecule is N#Cc1c(NC(=O)CCSc2nnc3c(n2)[nH]c2ccccc23)sc2c1CCC(c1ccccc1)C2. The zero-order chi connectivity index (χ0) is 24.5. The molecule has 3 heterocycles. The monoisotopic (exact) mass is 510 g/mol. The van der Waals surface area contributed by atoms with Crippen LogP contribution in [0, 0.1) is 11.3 Å². The van der Waals surface area contributed by atoms with E-state index in [9.17, 15) is 10.1 Å². The number of rotatable bonds is 6. The molecule has 36 heavy (non-hydrogen) atoms. The average Bonchev–Trinajstić information content (AvgIpc) is 3.45. The number of para-hydroxylation sites is 1. The van der Waals surface area contributed by atoms with E-state index in [1.54, 1.807) is 11.3 Å². The van der Waals surface area contributed by atoms with Crippen molar-refractivity contribution in [2.45, 2.75) is 36.8 Å². The van der Waals surface area contributed by atoms with Crippen LogP contribution >= 0.6 is 23.1 Å². The summed E-state index contributed by atoms with van der Waals surface area (Å²) in [4.78, 5) is 21.7. The molecule has 1 unspecified atom stereocenters. The lowest BCUT2D eigenvalue weighted by atomic mass is 9.83. The molecule has 3 aromatic heterocycles. The summed E-state index contributed by atoms with van der Waals surface area (Å²) < 4.78 is 0. The lowest BCUT2D eigenvalue weighted by Gasteiger charge is -2.22. The first-order valence-corrected chi connectivity index (χ1v) is 13.6. The van der Waals surface area contributed by atoms with Gasteiger partial charge in [0, 0.05) is 28.0 Å². The molecule has 7 nitrogen and oxygen atoms in total. The van der Waals surface area contributed by atoms with E-state index in [1.807, 2.05) is 30.3 Å². The lowest BCUT2D eigenvalue weighted by molar-refractivity contribution is -0.115. The van der Waals surface area contributed by atoms with Crippen LogP contribution < -0.4 is 5.32 Å². The molecule has 1 atom stereocenters. The minimum Gasteiger partial charge on any atom is -0.338 e. The van der Waals surface area contributed by atoms with Gasteiger partial charge in [-0.25, -0.2) is 4.98 Å². The van der Waals surface area contributed by atoms with Crippen LogP contribution in [0.25, 0.3) is 22.1 Å². The number of carbonyl (C=O) groups excluding carboxylic acids is 1. The molecule has 0 aliphatic heterocycles. The molecular formula is C27H22N6OS2. The van der Waals surface area contributed by atoms with Crippen molar-refractivity contribution in [1.82, 2.24) is 20.2 Å². The van der Waals surface area contributed by atoms with Gasteiger partial charge in [0.15, 0.2) is 5.65 Å². The Balaban J connectivity index is 1.10. The van der Waals surface area contributed by atoms with Crippen LogP contribution in [-0.2, 0) is 17.6 Å². The van der Waals surface area contributed by atoms with E-state index >= 15 is 0 Å². The average molecular weight is 511 g/mol. The Morgan fingerprint density at radius 2 is 2.00 bits per heavy atom. The zero-order valence-electron chi connectivity index (χ0n) is 19.3. The summed E-state index contributed by atoms with van der Waals surface area (Å²) in [5.74, 6) is 0.853. The van der Waals surface area contributed by atoms with Crippen LogP contribution in [0.15, 0.2) is 59.8 Å². The van der Waals surface area contributed by atoms with Crippen molar-refractivity contribution in [2.75, 3.05) is 11.1 Å². The molecule has 2 aromatic carbocycles. The minimum absolute atomic E-state index is 0.114. The van der Waals surface area contributed by atoms with Crippen molar-refractivity contribution in [1.29, 1.82) is 5.26 Å². The predicted octanol–water partition coefficient (Wildman–Crippen LogP) is 5.83. The van der Waals surface area contributed by atoms with E-state index in [2.05, 4.69) is 55.8 Å². The second kappa shape index (κ2) is 9.72. The molecule has 0 saturated heterocycles. The molecule has 0 spiro atoms. The molecule has 5 aromatic rings. The van der Waals surface area contributed by atoms with Gasteiger partial charge in [0.25, 0.3) is 0 Å². The van der Waals surface area contributed by atoms with Crippen LogP contribution in [0.2, 0.25) is 0 Å². The highest BCUT2D eigenvalue weighted by atomic mass is 32.2. The summed E-state index contributed by atoms with van der Waals surface area (Å²) >= 11 is 2.94. The first-order chi connectivity index (χ1) is 17.7. The number of nitrogens with one attached hydrogen (secondary N) is 2. The van der Waals surface area contributed by atoms with E-state index in [1.165, 1.54) is 22.2 Å². The van der Waals surface area contributed by atoms with E-state index in [4.69, 9.17) is 0 Å². The van der Waals surface area contributed by atoms with Gasteiger partial charge in [0.2, 0.25) is 11.1 Å². The molecule has 1 aliphatic rings. The molecule has 178 valence electrons. The molecule has 0 bridgehead atoms. The van der Waals surface area contributed by atoms with E-state index < -0.39 is 0 Å². The number of nitrogens with zero attached hydrogens (tertiary/aromatic N) is 4. The number of fused-ring (bicyclic) bond motifs is 4. The number of carbonyl (C=O) groups is 1. The Kier molecular flexibility index (Phi) is 6.13. The summed E-state index contributed by atoms with van der Waals surface area (Å²) in [6, 6.07) is 20.7. The molecule has 0 fully saturated rings. The molecule has 6 rings (SSSR count). The standard InChI is InChI=1S/C27H22N6OS2/c28-15-20-18-11-10-17(16-6-2-1-3-7-16)14-22(18)36-26(20)30-23(34)12-13-35-27-31-25-24(32-33-27)19-8-4-5-9-21(19)29-25/h1-9,17H,10-14H2,(H,30,34)(H,29,31,33). The summed E-state index contributed by atoms with van der Waals surface area (Å²) in [6.45, 7) is 0. The fourth-order valence-corrected chi connectivity index (χ4v) is 6.81. The van der Waals surface area contributed by atoms with Crippen molar-refractivity contribution in [3.63, 3.8) is 0 Å². The fraction of sp³-hybridized carbons (Fsp3) is 0.222. The summed E-state index contributed by atoms with van der Waals surface area (Å²) in [7, 11) is 0. The Bertz CT molecular complexity index is 1620.